The minimum atomic E-state index is 0.854. The number of benzene rings is 2. The van der Waals surface area contributed by atoms with Crippen LogP contribution in [0.1, 0.15) is 5.56 Å². The van der Waals surface area contributed by atoms with Crippen molar-refractivity contribution < 1.29 is 0 Å². The molecule has 0 bridgehead atoms. The van der Waals surface area contributed by atoms with Gasteiger partial charge in [0.05, 0.1) is 0 Å². The molecule has 1 heteroatoms. The van der Waals surface area contributed by atoms with Gasteiger partial charge in [0.25, 0.3) is 0 Å². The Balaban J connectivity index is 2.86. The molecule has 0 atom stereocenters. The molecular formula is C11H11N. The lowest BCUT2D eigenvalue weighted by Crippen LogP contribution is -1.85. The SMILES string of the molecule is Cc1ccc2c(N)cccc2c1. The smallest absolute Gasteiger partial charge is 0.0393 e. The first kappa shape index (κ1) is 7.17. The van der Waals surface area contributed by atoms with E-state index in [1.54, 1.807) is 0 Å². The number of nitrogens with two attached hydrogens (primary N) is 1. The molecule has 0 saturated heterocycles. The fourth-order valence-corrected chi connectivity index (χ4v) is 1.43. The average Bonchev–Trinajstić information content (AvgIpc) is 2.04. The van der Waals surface area contributed by atoms with Crippen molar-refractivity contribution in [2.24, 2.45) is 0 Å². The Kier molecular flexibility index (Phi) is 1.51. The average molecular weight is 157 g/mol. The van der Waals surface area contributed by atoms with Crippen LogP contribution in [0.25, 0.3) is 10.8 Å². The molecule has 0 aromatic heterocycles. The topological polar surface area (TPSA) is 26.0 Å². The van der Waals surface area contributed by atoms with Crippen LogP contribution < -0.4 is 5.73 Å². The van der Waals surface area contributed by atoms with Gasteiger partial charge in [-0.1, -0.05) is 35.9 Å². The number of rotatable bonds is 0. The van der Waals surface area contributed by atoms with E-state index >= 15 is 0 Å². The third-order valence-electron chi connectivity index (χ3n) is 2.07. The second-order valence-electron chi connectivity index (χ2n) is 3.07. The highest BCUT2D eigenvalue weighted by atomic mass is 14.5. The van der Waals surface area contributed by atoms with E-state index in [9.17, 15) is 0 Å². The van der Waals surface area contributed by atoms with Crippen LogP contribution >= 0.6 is 0 Å². The molecule has 2 rings (SSSR count). The lowest BCUT2D eigenvalue weighted by Gasteiger charge is -2.01. The molecule has 0 saturated carbocycles. The Morgan fingerprint density at radius 1 is 1.08 bits per heavy atom. The molecule has 60 valence electrons. The summed E-state index contributed by atoms with van der Waals surface area (Å²) >= 11 is 0. The van der Waals surface area contributed by atoms with Crippen molar-refractivity contribution in [3.05, 3.63) is 42.0 Å². The minimum Gasteiger partial charge on any atom is -0.398 e. The first-order chi connectivity index (χ1) is 5.77. The summed E-state index contributed by atoms with van der Waals surface area (Å²) in [4.78, 5) is 0. The van der Waals surface area contributed by atoms with Crippen LogP contribution in [0.3, 0.4) is 0 Å². The van der Waals surface area contributed by atoms with Crippen LogP contribution in [-0.4, -0.2) is 0 Å². The summed E-state index contributed by atoms with van der Waals surface area (Å²) in [6, 6.07) is 12.3. The molecule has 0 aliphatic heterocycles. The molecule has 0 amide bonds. The van der Waals surface area contributed by atoms with E-state index in [0.717, 1.165) is 11.1 Å². The van der Waals surface area contributed by atoms with Gasteiger partial charge >= 0.3 is 0 Å². The van der Waals surface area contributed by atoms with Crippen LogP contribution in [0.4, 0.5) is 5.69 Å². The predicted molar refractivity (Wildman–Crippen MR) is 53.1 cm³/mol. The molecule has 0 spiro atoms. The number of aryl methyl sites for hydroxylation is 1. The largest absolute Gasteiger partial charge is 0.398 e. The maximum absolute atomic E-state index is 5.81. The molecule has 0 fully saturated rings. The van der Waals surface area contributed by atoms with E-state index in [1.807, 2.05) is 12.1 Å². The first-order valence-electron chi connectivity index (χ1n) is 4.02. The van der Waals surface area contributed by atoms with Gasteiger partial charge in [0, 0.05) is 11.1 Å². The standard InChI is InChI=1S/C11H11N/c1-8-5-6-10-9(7-8)3-2-4-11(10)12/h2-7H,12H2,1H3. The van der Waals surface area contributed by atoms with Crippen LogP contribution in [0.15, 0.2) is 36.4 Å². The van der Waals surface area contributed by atoms with E-state index in [2.05, 4.69) is 31.2 Å². The van der Waals surface area contributed by atoms with Gasteiger partial charge in [-0.15, -0.1) is 0 Å². The molecule has 1 nitrogen and oxygen atoms in total. The third-order valence-corrected chi connectivity index (χ3v) is 2.07. The third kappa shape index (κ3) is 1.03. The fourth-order valence-electron chi connectivity index (χ4n) is 1.43. The van der Waals surface area contributed by atoms with Crippen molar-refractivity contribution in [3.63, 3.8) is 0 Å². The van der Waals surface area contributed by atoms with Crippen LogP contribution in [-0.2, 0) is 0 Å². The van der Waals surface area contributed by atoms with E-state index in [0.29, 0.717) is 0 Å². The van der Waals surface area contributed by atoms with E-state index in [1.165, 1.54) is 10.9 Å². The monoisotopic (exact) mass is 157 g/mol. The Morgan fingerprint density at radius 3 is 2.75 bits per heavy atom. The molecule has 2 aromatic carbocycles. The van der Waals surface area contributed by atoms with Crippen molar-refractivity contribution in [2.75, 3.05) is 5.73 Å². The predicted octanol–water partition coefficient (Wildman–Crippen LogP) is 2.73. The van der Waals surface area contributed by atoms with Gasteiger partial charge < -0.3 is 5.73 Å². The molecule has 0 radical (unpaired) electrons. The number of anilines is 1. The normalized spacial score (nSPS) is 10.4. The summed E-state index contributed by atoms with van der Waals surface area (Å²) in [6.07, 6.45) is 0. The Hall–Kier alpha value is -1.50. The van der Waals surface area contributed by atoms with Crippen molar-refractivity contribution in [3.8, 4) is 0 Å². The van der Waals surface area contributed by atoms with Crippen LogP contribution in [0, 0.1) is 6.92 Å². The summed E-state index contributed by atoms with van der Waals surface area (Å²) in [5.41, 5.74) is 7.93. The van der Waals surface area contributed by atoms with Gasteiger partial charge in [-0.3, -0.25) is 0 Å². The zero-order chi connectivity index (χ0) is 8.55. The van der Waals surface area contributed by atoms with Gasteiger partial charge in [-0.2, -0.15) is 0 Å². The lowest BCUT2D eigenvalue weighted by atomic mass is 10.1. The maximum atomic E-state index is 5.81. The highest BCUT2D eigenvalue weighted by molar-refractivity contribution is 5.93. The molecule has 2 N–H and O–H groups in total. The molecule has 2 aromatic rings. The lowest BCUT2D eigenvalue weighted by molar-refractivity contribution is 1.51. The minimum absolute atomic E-state index is 0.854. The molecule has 0 heterocycles. The zero-order valence-electron chi connectivity index (χ0n) is 7.04. The molecule has 0 aliphatic carbocycles. The van der Waals surface area contributed by atoms with Gasteiger partial charge in [0.1, 0.15) is 0 Å². The number of nitrogen functional groups attached to an aromatic ring is 1. The van der Waals surface area contributed by atoms with Gasteiger partial charge in [0.2, 0.25) is 0 Å². The Morgan fingerprint density at radius 2 is 1.92 bits per heavy atom. The van der Waals surface area contributed by atoms with Crippen molar-refractivity contribution in [1.82, 2.24) is 0 Å². The van der Waals surface area contributed by atoms with E-state index in [4.69, 9.17) is 5.73 Å². The fraction of sp³-hybridized carbons (Fsp3) is 0.0909. The first-order valence-corrected chi connectivity index (χ1v) is 4.02. The maximum Gasteiger partial charge on any atom is 0.0393 e. The van der Waals surface area contributed by atoms with Crippen molar-refractivity contribution in [2.45, 2.75) is 6.92 Å². The molecule has 0 unspecified atom stereocenters. The summed E-state index contributed by atoms with van der Waals surface area (Å²) in [5, 5.41) is 2.36. The van der Waals surface area contributed by atoms with Crippen molar-refractivity contribution >= 4 is 16.5 Å². The number of hydrogen-bond donors (Lipinski definition) is 1. The summed E-state index contributed by atoms with van der Waals surface area (Å²) in [6.45, 7) is 2.09. The second kappa shape index (κ2) is 2.52. The van der Waals surface area contributed by atoms with E-state index < -0.39 is 0 Å². The van der Waals surface area contributed by atoms with Gasteiger partial charge in [-0.05, 0) is 18.4 Å². The van der Waals surface area contributed by atoms with Gasteiger partial charge in [0.15, 0.2) is 0 Å². The Bertz CT molecular complexity index is 418. The Labute approximate surface area is 71.8 Å². The van der Waals surface area contributed by atoms with Gasteiger partial charge in [-0.25, -0.2) is 0 Å². The second-order valence-corrected chi connectivity index (χ2v) is 3.07. The molecule has 12 heavy (non-hydrogen) atoms. The zero-order valence-corrected chi connectivity index (χ0v) is 7.04. The van der Waals surface area contributed by atoms with Crippen molar-refractivity contribution in [1.29, 1.82) is 0 Å². The van der Waals surface area contributed by atoms with Crippen LogP contribution in [0.5, 0.6) is 0 Å². The highest BCUT2D eigenvalue weighted by Crippen LogP contribution is 2.21. The van der Waals surface area contributed by atoms with Crippen LogP contribution in [0.2, 0.25) is 0 Å². The quantitative estimate of drug-likeness (QED) is 0.584. The summed E-state index contributed by atoms with van der Waals surface area (Å²) in [5.74, 6) is 0. The molecule has 0 aliphatic rings. The van der Waals surface area contributed by atoms with E-state index in [-0.39, 0.29) is 0 Å². The number of fused-ring (bicyclic) bond motifs is 1. The number of hydrogen-bond acceptors (Lipinski definition) is 1. The highest BCUT2D eigenvalue weighted by Gasteiger charge is 1.95. The molecular weight excluding hydrogens is 146 g/mol. The summed E-state index contributed by atoms with van der Waals surface area (Å²) < 4.78 is 0. The summed E-state index contributed by atoms with van der Waals surface area (Å²) in [7, 11) is 0.